The van der Waals surface area contributed by atoms with Gasteiger partial charge in [-0.05, 0) is 36.6 Å². The first-order valence-corrected chi connectivity index (χ1v) is 10.8. The van der Waals surface area contributed by atoms with Gasteiger partial charge >= 0.3 is 0 Å². The van der Waals surface area contributed by atoms with Gasteiger partial charge in [-0.2, -0.15) is 0 Å². The van der Waals surface area contributed by atoms with Crippen molar-refractivity contribution in [1.29, 1.82) is 0 Å². The fraction of sp³-hybridized carbons (Fsp3) is 0.417. The lowest BCUT2D eigenvalue weighted by atomic mass is 10.1. The molecule has 1 unspecified atom stereocenters. The number of nitrogens with two attached hydrogens (primary N) is 1. The van der Waals surface area contributed by atoms with Crippen molar-refractivity contribution in [2.75, 3.05) is 32.8 Å². The highest BCUT2D eigenvalue weighted by Crippen LogP contribution is 2.18. The van der Waals surface area contributed by atoms with E-state index in [9.17, 15) is 4.79 Å². The third-order valence-electron chi connectivity index (χ3n) is 5.08. The SMILES string of the molecule is CCNC(=NCc1cccc(OCC(N)=O)c1)N1CCC(COCc2ccccc2)C1. The molecule has 0 aromatic heterocycles. The summed E-state index contributed by atoms with van der Waals surface area (Å²) in [5.41, 5.74) is 7.36. The number of nitrogens with one attached hydrogen (secondary N) is 1. The summed E-state index contributed by atoms with van der Waals surface area (Å²) in [5, 5.41) is 3.39. The van der Waals surface area contributed by atoms with Crippen LogP contribution in [0.1, 0.15) is 24.5 Å². The molecule has 2 aromatic rings. The quantitative estimate of drug-likeness (QED) is 0.452. The van der Waals surface area contributed by atoms with Crippen molar-refractivity contribution >= 4 is 11.9 Å². The lowest BCUT2D eigenvalue weighted by Gasteiger charge is -2.21. The van der Waals surface area contributed by atoms with Crippen molar-refractivity contribution in [3.05, 3.63) is 65.7 Å². The summed E-state index contributed by atoms with van der Waals surface area (Å²) < 4.78 is 11.3. The Kier molecular flexibility index (Phi) is 8.72. The number of carbonyl (C=O) groups excluding carboxylic acids is 1. The van der Waals surface area contributed by atoms with E-state index in [0.29, 0.717) is 24.8 Å². The highest BCUT2D eigenvalue weighted by Gasteiger charge is 2.25. The van der Waals surface area contributed by atoms with Crippen LogP contribution in [0.3, 0.4) is 0 Å². The molecule has 1 amide bonds. The number of primary amides is 1. The summed E-state index contributed by atoms with van der Waals surface area (Å²) in [5.74, 6) is 1.54. The molecule has 0 radical (unpaired) electrons. The topological polar surface area (TPSA) is 89.2 Å². The Hall–Kier alpha value is -3.06. The molecule has 0 bridgehead atoms. The summed E-state index contributed by atoms with van der Waals surface area (Å²) >= 11 is 0. The van der Waals surface area contributed by atoms with Crippen molar-refractivity contribution in [3.8, 4) is 5.75 Å². The van der Waals surface area contributed by atoms with Crippen LogP contribution < -0.4 is 15.8 Å². The Balaban J connectivity index is 1.51. The second-order valence-corrected chi connectivity index (χ2v) is 7.67. The summed E-state index contributed by atoms with van der Waals surface area (Å²) in [6.07, 6.45) is 1.09. The summed E-state index contributed by atoms with van der Waals surface area (Å²) in [6.45, 7) is 6.59. The number of aliphatic imine (C=N–C) groups is 1. The molecule has 166 valence electrons. The van der Waals surface area contributed by atoms with Gasteiger partial charge in [-0.25, -0.2) is 4.99 Å². The second-order valence-electron chi connectivity index (χ2n) is 7.67. The third kappa shape index (κ3) is 7.61. The lowest BCUT2D eigenvalue weighted by molar-refractivity contribution is -0.119. The minimum absolute atomic E-state index is 0.128. The average Bonchev–Trinajstić information content (AvgIpc) is 3.25. The van der Waals surface area contributed by atoms with Crippen LogP contribution in [-0.4, -0.2) is 49.6 Å². The van der Waals surface area contributed by atoms with Crippen molar-refractivity contribution in [3.63, 3.8) is 0 Å². The largest absolute Gasteiger partial charge is 0.484 e. The molecule has 2 aromatic carbocycles. The highest BCUT2D eigenvalue weighted by atomic mass is 16.5. The maximum absolute atomic E-state index is 10.9. The van der Waals surface area contributed by atoms with Gasteiger partial charge in [-0.15, -0.1) is 0 Å². The Bertz CT molecular complexity index is 857. The first-order valence-electron chi connectivity index (χ1n) is 10.8. The molecule has 31 heavy (non-hydrogen) atoms. The normalized spacial score (nSPS) is 16.4. The van der Waals surface area contributed by atoms with Crippen LogP contribution >= 0.6 is 0 Å². The van der Waals surface area contributed by atoms with Crippen LogP contribution in [0.2, 0.25) is 0 Å². The van der Waals surface area contributed by atoms with Gasteiger partial charge < -0.3 is 25.4 Å². The number of nitrogens with zero attached hydrogens (tertiary/aromatic N) is 2. The smallest absolute Gasteiger partial charge is 0.255 e. The number of guanidine groups is 1. The maximum atomic E-state index is 10.9. The number of benzene rings is 2. The molecule has 1 aliphatic heterocycles. The van der Waals surface area contributed by atoms with Crippen LogP contribution in [0.15, 0.2) is 59.6 Å². The van der Waals surface area contributed by atoms with Crippen LogP contribution in [0, 0.1) is 5.92 Å². The predicted molar refractivity (Wildman–Crippen MR) is 122 cm³/mol. The molecule has 3 N–H and O–H groups in total. The minimum atomic E-state index is -0.491. The van der Waals surface area contributed by atoms with Gasteiger partial charge in [0.25, 0.3) is 5.91 Å². The summed E-state index contributed by atoms with van der Waals surface area (Å²) in [6, 6.07) is 17.9. The molecule has 1 saturated heterocycles. The lowest BCUT2D eigenvalue weighted by Crippen LogP contribution is -2.40. The van der Waals surface area contributed by atoms with Crippen LogP contribution in [0.5, 0.6) is 5.75 Å². The van der Waals surface area contributed by atoms with Crippen molar-refractivity contribution in [2.45, 2.75) is 26.5 Å². The van der Waals surface area contributed by atoms with Gasteiger partial charge in [0.15, 0.2) is 12.6 Å². The Morgan fingerprint density at radius 1 is 1.19 bits per heavy atom. The average molecular weight is 425 g/mol. The van der Waals surface area contributed by atoms with E-state index in [4.69, 9.17) is 20.2 Å². The number of amides is 1. The molecule has 7 heteroatoms. The Morgan fingerprint density at radius 3 is 2.77 bits per heavy atom. The maximum Gasteiger partial charge on any atom is 0.255 e. The fourth-order valence-electron chi connectivity index (χ4n) is 3.56. The Labute approximate surface area is 184 Å². The van der Waals surface area contributed by atoms with Gasteiger partial charge in [0.1, 0.15) is 5.75 Å². The molecular formula is C24H32N4O3. The standard InChI is InChI=1S/C24H32N4O3/c1-2-26-24(27-14-20-9-6-10-22(13-20)31-18-23(25)29)28-12-11-21(15-28)17-30-16-19-7-4-3-5-8-19/h3-10,13,21H,2,11-12,14-18H2,1H3,(H2,25,29)(H,26,27). The van der Waals surface area contributed by atoms with E-state index in [1.54, 1.807) is 0 Å². The molecule has 1 aliphatic rings. The minimum Gasteiger partial charge on any atom is -0.484 e. The molecule has 3 rings (SSSR count). The molecular weight excluding hydrogens is 392 g/mol. The third-order valence-corrected chi connectivity index (χ3v) is 5.08. The van der Waals surface area contributed by atoms with Gasteiger partial charge in [0.05, 0.1) is 19.8 Å². The number of hydrogen-bond donors (Lipinski definition) is 2. The van der Waals surface area contributed by atoms with E-state index in [-0.39, 0.29) is 6.61 Å². The van der Waals surface area contributed by atoms with Crippen molar-refractivity contribution < 1.29 is 14.3 Å². The molecule has 0 spiro atoms. The molecule has 1 heterocycles. The molecule has 0 saturated carbocycles. The molecule has 0 aliphatic carbocycles. The van der Waals surface area contributed by atoms with Crippen LogP contribution in [-0.2, 0) is 22.7 Å². The Morgan fingerprint density at radius 2 is 2.00 bits per heavy atom. The van der Waals surface area contributed by atoms with E-state index < -0.39 is 5.91 Å². The second kappa shape index (κ2) is 12.0. The van der Waals surface area contributed by atoms with E-state index >= 15 is 0 Å². The van der Waals surface area contributed by atoms with E-state index in [0.717, 1.165) is 44.2 Å². The zero-order chi connectivity index (χ0) is 21.9. The molecule has 1 atom stereocenters. The van der Waals surface area contributed by atoms with Gasteiger partial charge in [0, 0.05) is 25.6 Å². The van der Waals surface area contributed by atoms with E-state index in [2.05, 4.69) is 29.3 Å². The van der Waals surface area contributed by atoms with E-state index in [1.807, 2.05) is 42.5 Å². The van der Waals surface area contributed by atoms with E-state index in [1.165, 1.54) is 5.56 Å². The monoisotopic (exact) mass is 424 g/mol. The first-order chi connectivity index (χ1) is 15.1. The molecule has 1 fully saturated rings. The summed E-state index contributed by atoms with van der Waals surface area (Å²) in [4.78, 5) is 18.0. The van der Waals surface area contributed by atoms with Crippen molar-refractivity contribution in [1.82, 2.24) is 10.2 Å². The van der Waals surface area contributed by atoms with Crippen molar-refractivity contribution in [2.24, 2.45) is 16.6 Å². The zero-order valence-corrected chi connectivity index (χ0v) is 18.1. The highest BCUT2D eigenvalue weighted by molar-refractivity contribution is 5.80. The fourth-order valence-corrected chi connectivity index (χ4v) is 3.56. The molecule has 7 nitrogen and oxygen atoms in total. The van der Waals surface area contributed by atoms with Gasteiger partial charge in [0.2, 0.25) is 0 Å². The van der Waals surface area contributed by atoms with Gasteiger partial charge in [-0.3, -0.25) is 4.79 Å². The van der Waals surface area contributed by atoms with Crippen LogP contribution in [0.4, 0.5) is 0 Å². The van der Waals surface area contributed by atoms with Gasteiger partial charge in [-0.1, -0.05) is 42.5 Å². The number of rotatable bonds is 10. The summed E-state index contributed by atoms with van der Waals surface area (Å²) in [7, 11) is 0. The van der Waals surface area contributed by atoms with Crippen LogP contribution in [0.25, 0.3) is 0 Å². The number of likely N-dealkylation sites (tertiary alicyclic amines) is 1. The number of ether oxygens (including phenoxy) is 2. The number of hydrogen-bond acceptors (Lipinski definition) is 4. The number of carbonyl (C=O) groups is 1. The predicted octanol–water partition coefficient (Wildman–Crippen LogP) is 2.55. The zero-order valence-electron chi connectivity index (χ0n) is 18.1. The first kappa shape index (κ1) is 22.6.